The molecule has 0 atom stereocenters. The van der Waals surface area contributed by atoms with Gasteiger partial charge >= 0.3 is 17.9 Å². The van der Waals surface area contributed by atoms with Crippen molar-refractivity contribution in [2.24, 2.45) is 0 Å². The Morgan fingerprint density at radius 2 is 0.627 bits per heavy atom. The van der Waals surface area contributed by atoms with Crippen molar-refractivity contribution >= 4 is 17.9 Å². The third-order valence-electron chi connectivity index (χ3n) is 7.89. The summed E-state index contributed by atoms with van der Waals surface area (Å²) in [6.07, 6.45) is 0. The first-order valence-electron chi connectivity index (χ1n) is 14.5. The summed E-state index contributed by atoms with van der Waals surface area (Å²) in [7, 11) is 0. The molecule has 0 bridgehead atoms. The zero-order valence-corrected chi connectivity index (χ0v) is 27.5. The summed E-state index contributed by atoms with van der Waals surface area (Å²) >= 11 is 0. The van der Waals surface area contributed by atoms with Crippen molar-refractivity contribution in [2.45, 2.75) is 41.5 Å². The monoisotopic (exact) mass is 705 g/mol. The summed E-state index contributed by atoms with van der Waals surface area (Å²) in [5.74, 6) is -5.91. The Hall–Kier alpha value is -7.11. The van der Waals surface area contributed by atoms with Gasteiger partial charge in [-0.25, -0.2) is 14.4 Å². The lowest BCUT2D eigenvalue weighted by Crippen LogP contribution is -2.18. The summed E-state index contributed by atoms with van der Waals surface area (Å²) in [4.78, 5) is 87.5. The van der Waals surface area contributed by atoms with Crippen LogP contribution in [0.4, 0.5) is 0 Å². The van der Waals surface area contributed by atoms with Crippen LogP contribution in [0.5, 0.6) is 17.2 Å². The van der Waals surface area contributed by atoms with Crippen LogP contribution < -0.4 is 14.5 Å². The maximum Gasteiger partial charge on any atom is 0.337 e. The van der Waals surface area contributed by atoms with Crippen LogP contribution in [0.2, 0.25) is 0 Å². The molecule has 3 N–H and O–H groups in total. The minimum atomic E-state index is -1.76. The summed E-state index contributed by atoms with van der Waals surface area (Å²) in [6.45, 7) is 8.36. The van der Waals surface area contributed by atoms with E-state index in [0.717, 1.165) is 0 Å². The quantitative estimate of drug-likeness (QED) is 0.107. The van der Waals surface area contributed by atoms with Gasteiger partial charge in [-0.05, 0) is 128 Å². The first-order valence-corrected chi connectivity index (χ1v) is 14.5. The highest BCUT2D eigenvalue weighted by Gasteiger charge is 2.36. The Kier molecular flexibility index (Phi) is 9.93. The van der Waals surface area contributed by atoms with Gasteiger partial charge in [-0.3, -0.25) is 14.5 Å². The van der Waals surface area contributed by atoms with Gasteiger partial charge in [0.1, 0.15) is 17.2 Å². The fourth-order valence-electron chi connectivity index (χ4n) is 6.20. The zero-order valence-electron chi connectivity index (χ0n) is 27.5. The molecule has 4 rings (SSSR count). The molecule has 0 unspecified atom stereocenters. The fourth-order valence-corrected chi connectivity index (χ4v) is 6.20. The second-order valence-electron chi connectivity index (χ2n) is 11.4. The number of aromatic carboxylic acids is 3. The molecule has 4 aromatic rings. The number of hydrogen-bond acceptors (Lipinski definition) is 12. The highest BCUT2D eigenvalue weighted by Crippen LogP contribution is 2.48. The Morgan fingerprint density at radius 1 is 0.451 bits per heavy atom. The molecular weight excluding hydrogens is 678 g/mol. The van der Waals surface area contributed by atoms with Crippen molar-refractivity contribution in [3.63, 3.8) is 0 Å². The number of carboxylic acid groups (broad SMARTS) is 3. The van der Waals surface area contributed by atoms with Crippen LogP contribution in [0.15, 0.2) is 36.4 Å². The molecule has 0 saturated carbocycles. The van der Waals surface area contributed by atoms with Crippen LogP contribution in [0, 0.1) is 71.9 Å². The molecule has 0 aromatic heterocycles. The summed E-state index contributed by atoms with van der Waals surface area (Å²) in [5.41, 5.74) is -3.57. The van der Waals surface area contributed by atoms with E-state index in [9.17, 15) is 60.0 Å². The van der Waals surface area contributed by atoms with Gasteiger partial charge in [-0.1, -0.05) is 0 Å². The molecule has 0 aliphatic rings. The molecule has 0 heterocycles. The van der Waals surface area contributed by atoms with Crippen LogP contribution in [0.3, 0.4) is 0 Å². The van der Waals surface area contributed by atoms with Gasteiger partial charge in [0.2, 0.25) is 0 Å². The van der Waals surface area contributed by atoms with Crippen molar-refractivity contribution in [2.75, 3.05) is 0 Å². The summed E-state index contributed by atoms with van der Waals surface area (Å²) in [6, 6.07) is 7.44. The van der Waals surface area contributed by atoms with Gasteiger partial charge in [0.05, 0.1) is 16.7 Å². The summed E-state index contributed by atoms with van der Waals surface area (Å²) in [5, 5.41) is 62.7. The predicted octanol–water partition coefficient (Wildman–Crippen LogP) is 6.34. The van der Waals surface area contributed by atoms with E-state index in [1.807, 2.05) is 0 Å². The molecular formula is C33H27N3O15. The fraction of sp³-hybridized carbons (Fsp3) is 0.182. The largest absolute Gasteiger partial charge is 0.478 e. The van der Waals surface area contributed by atoms with E-state index < -0.39 is 66.5 Å². The molecule has 0 aliphatic carbocycles. The number of nitrogens with zero attached hydrogens (tertiary/aromatic N) is 3. The van der Waals surface area contributed by atoms with Crippen molar-refractivity contribution in [1.82, 2.24) is 0 Å². The van der Waals surface area contributed by atoms with Crippen molar-refractivity contribution in [1.29, 1.82) is 0 Å². The topological polar surface area (TPSA) is 269 Å². The van der Waals surface area contributed by atoms with Gasteiger partial charge in [0.15, 0.2) is 0 Å². The molecule has 51 heavy (non-hydrogen) atoms. The number of hydrogen-bond donors (Lipinski definition) is 3. The zero-order chi connectivity index (χ0) is 38.2. The molecule has 18 nitrogen and oxygen atoms in total. The molecule has 0 saturated heterocycles. The van der Waals surface area contributed by atoms with Crippen molar-refractivity contribution in [3.8, 4) is 50.6 Å². The second-order valence-corrected chi connectivity index (χ2v) is 11.4. The predicted molar refractivity (Wildman–Crippen MR) is 175 cm³/mol. The first kappa shape index (κ1) is 36.7. The molecule has 4 aromatic carbocycles. The van der Waals surface area contributed by atoms with E-state index in [1.54, 1.807) is 0 Å². The van der Waals surface area contributed by atoms with Crippen molar-refractivity contribution < 1.29 is 59.5 Å². The highest BCUT2D eigenvalue weighted by atomic mass is 17.0. The maximum atomic E-state index is 13.3. The molecule has 0 fully saturated rings. The lowest BCUT2D eigenvalue weighted by molar-refractivity contribution is -0.711. The van der Waals surface area contributed by atoms with Gasteiger partial charge in [0, 0.05) is 16.7 Å². The Bertz CT molecular complexity index is 1890. The minimum absolute atomic E-state index is 0.0979. The molecule has 0 spiro atoms. The molecule has 0 amide bonds. The standard InChI is InChI=1S/C33H27N3O15/c1-13-7-19(8-14(2)28(13)49-34(43)44)22-25(31(37)38)23(20-9-15(3)29(16(4)10-20)50-35(45)46)27(33(41)42)24(26(22)32(39)40)21-11-17(5)30(18(6)12-21)51-36(47)48/h7-12H,1-6H3,(H,37,38)(H,39,40)(H,41,42). The van der Waals surface area contributed by atoms with Gasteiger partial charge in [-0.15, -0.1) is 30.3 Å². The lowest BCUT2D eigenvalue weighted by Gasteiger charge is -2.24. The lowest BCUT2D eigenvalue weighted by atomic mass is 9.78. The SMILES string of the molecule is Cc1cc(-c2c(C(=O)O)c(-c3cc(C)c(O[N+](=O)[O-])c(C)c3)c(C(=O)O)c(-c3cc(C)c(O[N+](=O)[O-])c(C)c3)c2C(=O)O)cc(C)c1O[N+](=O)[O-]. The number of carbonyl (C=O) groups is 3. The molecule has 0 radical (unpaired) electrons. The number of aryl methyl sites for hydroxylation is 6. The second kappa shape index (κ2) is 13.8. The van der Waals surface area contributed by atoms with Gasteiger partial charge in [0.25, 0.3) is 15.3 Å². The maximum absolute atomic E-state index is 13.3. The summed E-state index contributed by atoms with van der Waals surface area (Å²) < 4.78 is 0. The number of carboxylic acids is 3. The Labute approximate surface area is 286 Å². The van der Waals surface area contributed by atoms with Crippen LogP contribution >= 0.6 is 0 Å². The van der Waals surface area contributed by atoms with Gasteiger partial charge < -0.3 is 15.3 Å². The van der Waals surface area contributed by atoms with E-state index in [1.165, 1.54) is 77.9 Å². The van der Waals surface area contributed by atoms with E-state index in [-0.39, 0.29) is 67.3 Å². The molecule has 18 heteroatoms. The number of rotatable bonds is 12. The van der Waals surface area contributed by atoms with Crippen LogP contribution in [0.25, 0.3) is 33.4 Å². The van der Waals surface area contributed by atoms with Crippen LogP contribution in [0.1, 0.15) is 64.5 Å². The Balaban J connectivity index is 2.37. The molecule has 0 aliphatic heterocycles. The smallest absolute Gasteiger partial charge is 0.337 e. The number of benzene rings is 4. The average Bonchev–Trinajstić information content (AvgIpc) is 3.00. The molecule has 264 valence electrons. The minimum Gasteiger partial charge on any atom is -0.478 e. The van der Waals surface area contributed by atoms with Gasteiger partial charge in [-0.2, -0.15) is 0 Å². The Morgan fingerprint density at radius 3 is 0.765 bits per heavy atom. The average molecular weight is 706 g/mol. The highest BCUT2D eigenvalue weighted by molar-refractivity contribution is 6.20. The van der Waals surface area contributed by atoms with Crippen LogP contribution in [-0.2, 0) is 0 Å². The first-order chi connectivity index (χ1) is 23.7. The third-order valence-corrected chi connectivity index (χ3v) is 7.89. The van der Waals surface area contributed by atoms with Crippen molar-refractivity contribution in [3.05, 3.63) is 117 Å². The van der Waals surface area contributed by atoms with E-state index >= 15 is 0 Å². The normalized spacial score (nSPS) is 10.7. The van der Waals surface area contributed by atoms with E-state index in [0.29, 0.717) is 0 Å². The van der Waals surface area contributed by atoms with Crippen LogP contribution in [-0.4, -0.2) is 48.5 Å². The van der Waals surface area contributed by atoms with E-state index in [4.69, 9.17) is 0 Å². The van der Waals surface area contributed by atoms with E-state index in [2.05, 4.69) is 14.5 Å². The third kappa shape index (κ3) is 7.05.